The molecule has 1 saturated heterocycles. The first-order valence-electron chi connectivity index (χ1n) is 13.0. The van der Waals surface area contributed by atoms with Crippen LogP contribution in [0.4, 0.5) is 13.2 Å². The number of aromatic carboxylic acids is 1. The van der Waals surface area contributed by atoms with Gasteiger partial charge in [-0.1, -0.05) is 59.2 Å². The van der Waals surface area contributed by atoms with E-state index in [1.807, 2.05) is 24.3 Å². The third-order valence-electron chi connectivity index (χ3n) is 6.83. The second-order valence-electron chi connectivity index (χ2n) is 9.55. The number of rotatable bonds is 6. The molecular formula is C30H29Cl2F3N2O3S. The van der Waals surface area contributed by atoms with Crippen LogP contribution in [0.25, 0.3) is 5.57 Å². The van der Waals surface area contributed by atoms with Gasteiger partial charge in [-0.2, -0.15) is 13.2 Å². The zero-order valence-corrected chi connectivity index (χ0v) is 24.3. The quantitative estimate of drug-likeness (QED) is 0.235. The Morgan fingerprint density at radius 1 is 0.902 bits per heavy atom. The number of carboxylic acids is 1. The van der Waals surface area contributed by atoms with Crippen LogP contribution < -0.4 is 0 Å². The van der Waals surface area contributed by atoms with Crippen molar-refractivity contribution in [3.05, 3.63) is 99.0 Å². The van der Waals surface area contributed by atoms with E-state index in [1.165, 1.54) is 42.1 Å². The number of nitrogens with zero attached hydrogens (tertiary/aromatic N) is 2. The minimum atomic E-state index is -4.35. The molecule has 5 nitrogen and oxygen atoms in total. The van der Waals surface area contributed by atoms with Crippen molar-refractivity contribution in [3.8, 4) is 0 Å². The summed E-state index contributed by atoms with van der Waals surface area (Å²) in [5.41, 5.74) is 2.02. The summed E-state index contributed by atoms with van der Waals surface area (Å²) in [4.78, 5) is 17.0. The molecule has 1 fully saturated rings. The fourth-order valence-corrected chi connectivity index (χ4v) is 6.28. The van der Waals surface area contributed by atoms with Gasteiger partial charge in [0.1, 0.15) is 0 Å². The first-order valence-corrected chi connectivity index (χ1v) is 14.6. The van der Waals surface area contributed by atoms with Gasteiger partial charge in [0.05, 0.1) is 22.8 Å². The molecule has 11 heteroatoms. The van der Waals surface area contributed by atoms with Crippen LogP contribution in [-0.2, 0) is 6.18 Å². The van der Waals surface area contributed by atoms with E-state index in [2.05, 4.69) is 15.9 Å². The van der Waals surface area contributed by atoms with Crippen LogP contribution in [0.3, 0.4) is 0 Å². The van der Waals surface area contributed by atoms with E-state index in [4.69, 9.17) is 33.4 Å². The Hall–Kier alpha value is -2.53. The Morgan fingerprint density at radius 2 is 1.56 bits per heavy atom. The molecule has 2 aliphatic heterocycles. The number of halogens is 5. The third-order valence-corrected chi connectivity index (χ3v) is 8.53. The number of hydrogen-bond acceptors (Lipinski definition) is 5. The molecule has 0 saturated carbocycles. The largest absolute Gasteiger partial charge is 0.478 e. The number of benzene rings is 3. The average Bonchev–Trinajstić information content (AvgIpc) is 2.93. The molecule has 3 aromatic rings. The summed E-state index contributed by atoms with van der Waals surface area (Å²) in [6.45, 7) is 5.55. The maximum Gasteiger partial charge on any atom is 0.416 e. The molecule has 0 spiro atoms. The molecule has 3 aromatic carbocycles. The highest BCUT2D eigenvalue weighted by molar-refractivity contribution is 7.99. The number of carbonyl (C=O) groups is 1. The number of aliphatic hydroxyl groups excluding tert-OH is 1. The number of carboxylic acid groups (broad SMARTS) is 1. The SMILES string of the molecule is O=C(O)c1ccc(Cl)cc1Cl.OCCN1CCN(CC/C=C2/c3ccccc3Sc3ccc(C(F)(F)F)cc32)CC1. The Kier molecular flexibility index (Phi) is 10.8. The molecule has 0 aromatic heterocycles. The van der Waals surface area contributed by atoms with E-state index in [1.54, 1.807) is 6.07 Å². The van der Waals surface area contributed by atoms with Gasteiger partial charge in [0, 0.05) is 54.1 Å². The van der Waals surface area contributed by atoms with Crippen molar-refractivity contribution >= 4 is 46.5 Å². The predicted octanol–water partition coefficient (Wildman–Crippen LogP) is 7.29. The summed E-state index contributed by atoms with van der Waals surface area (Å²) < 4.78 is 39.9. The molecule has 0 unspecified atom stereocenters. The molecule has 0 aliphatic carbocycles. The Labute approximate surface area is 251 Å². The van der Waals surface area contributed by atoms with Crippen molar-refractivity contribution in [2.75, 3.05) is 45.9 Å². The fourth-order valence-electron chi connectivity index (χ4n) is 4.70. The van der Waals surface area contributed by atoms with E-state index < -0.39 is 17.7 Å². The first kappa shape index (κ1) is 31.4. The van der Waals surface area contributed by atoms with Crippen molar-refractivity contribution in [1.29, 1.82) is 0 Å². The molecule has 41 heavy (non-hydrogen) atoms. The highest BCUT2D eigenvalue weighted by atomic mass is 35.5. The zero-order chi connectivity index (χ0) is 29.6. The van der Waals surface area contributed by atoms with Crippen LogP contribution in [-0.4, -0.2) is 71.9 Å². The molecule has 0 amide bonds. The smallest absolute Gasteiger partial charge is 0.416 e. The number of aliphatic hydroxyl groups is 1. The van der Waals surface area contributed by atoms with E-state index in [9.17, 15) is 18.0 Å². The van der Waals surface area contributed by atoms with Gasteiger partial charge in [0.2, 0.25) is 0 Å². The van der Waals surface area contributed by atoms with Gasteiger partial charge >= 0.3 is 12.1 Å². The number of β-amino-alcohol motifs (C(OH)–C–C–N with tert-alkyl or cyclic N) is 1. The van der Waals surface area contributed by atoms with Crippen molar-refractivity contribution < 1.29 is 28.2 Å². The third kappa shape index (κ3) is 8.28. The van der Waals surface area contributed by atoms with Crippen molar-refractivity contribution in [3.63, 3.8) is 0 Å². The lowest BCUT2D eigenvalue weighted by molar-refractivity contribution is -0.137. The molecule has 0 atom stereocenters. The lowest BCUT2D eigenvalue weighted by atomic mass is 9.94. The molecule has 2 heterocycles. The van der Waals surface area contributed by atoms with Gasteiger partial charge in [-0.05, 0) is 65.6 Å². The molecular weight excluding hydrogens is 596 g/mol. The number of hydrogen-bond donors (Lipinski definition) is 2. The van der Waals surface area contributed by atoms with Crippen LogP contribution in [0.2, 0.25) is 10.0 Å². The summed E-state index contributed by atoms with van der Waals surface area (Å²) >= 11 is 12.6. The van der Waals surface area contributed by atoms with Gasteiger partial charge in [-0.15, -0.1) is 0 Å². The Bertz CT molecular complexity index is 1410. The Morgan fingerprint density at radius 3 is 2.20 bits per heavy atom. The van der Waals surface area contributed by atoms with Crippen LogP contribution in [0.5, 0.6) is 0 Å². The fraction of sp³-hybridized carbons (Fsp3) is 0.300. The van der Waals surface area contributed by atoms with Gasteiger partial charge in [-0.25, -0.2) is 4.79 Å². The standard InChI is InChI=1S/C23H25F3N2OS.C7H4Cl2O2/c24-23(25,26)17-7-8-22-20(16-17)18(19-4-1-2-6-21(19)30-22)5-3-9-27-10-12-28(13-11-27)14-15-29;8-4-1-2-5(7(10)11)6(9)3-4/h1-2,4-8,16,29H,3,9-15H2;1-3H,(H,10,11)/b18-5-;. The highest BCUT2D eigenvalue weighted by Crippen LogP contribution is 2.47. The highest BCUT2D eigenvalue weighted by Gasteiger charge is 2.32. The summed E-state index contributed by atoms with van der Waals surface area (Å²) in [6.07, 6.45) is -1.47. The van der Waals surface area contributed by atoms with Gasteiger partial charge < -0.3 is 15.1 Å². The van der Waals surface area contributed by atoms with Gasteiger partial charge in [-0.3, -0.25) is 4.90 Å². The summed E-state index contributed by atoms with van der Waals surface area (Å²) in [7, 11) is 0. The summed E-state index contributed by atoms with van der Waals surface area (Å²) in [5.74, 6) is -1.05. The zero-order valence-electron chi connectivity index (χ0n) is 22.0. The second kappa shape index (κ2) is 14.1. The van der Waals surface area contributed by atoms with Crippen molar-refractivity contribution in [1.82, 2.24) is 9.80 Å². The topological polar surface area (TPSA) is 64.0 Å². The molecule has 2 aliphatic rings. The van der Waals surface area contributed by atoms with Crippen molar-refractivity contribution in [2.45, 2.75) is 22.4 Å². The molecule has 5 rings (SSSR count). The minimum Gasteiger partial charge on any atom is -0.478 e. The van der Waals surface area contributed by atoms with Gasteiger partial charge in [0.25, 0.3) is 0 Å². The van der Waals surface area contributed by atoms with E-state index in [0.29, 0.717) is 17.1 Å². The monoisotopic (exact) mass is 624 g/mol. The van der Waals surface area contributed by atoms with Crippen LogP contribution in [0, 0.1) is 0 Å². The van der Waals surface area contributed by atoms with Crippen LogP contribution >= 0.6 is 35.0 Å². The minimum absolute atomic E-state index is 0.0658. The summed E-state index contributed by atoms with van der Waals surface area (Å²) in [5, 5.41) is 18.2. The first-order chi connectivity index (χ1) is 19.6. The molecule has 218 valence electrons. The lowest BCUT2D eigenvalue weighted by Crippen LogP contribution is -2.47. The van der Waals surface area contributed by atoms with Crippen LogP contribution in [0.1, 0.15) is 33.5 Å². The molecule has 0 radical (unpaired) electrons. The van der Waals surface area contributed by atoms with E-state index in [-0.39, 0.29) is 17.2 Å². The number of piperazine rings is 1. The lowest BCUT2D eigenvalue weighted by Gasteiger charge is -2.34. The van der Waals surface area contributed by atoms with Crippen molar-refractivity contribution in [2.24, 2.45) is 0 Å². The van der Waals surface area contributed by atoms with Crippen LogP contribution in [0.15, 0.2) is 76.5 Å². The number of alkyl halides is 3. The Balaban J connectivity index is 0.000000296. The predicted molar refractivity (Wildman–Crippen MR) is 157 cm³/mol. The molecule has 2 N–H and O–H groups in total. The summed E-state index contributed by atoms with van der Waals surface area (Å²) in [6, 6.07) is 16.2. The van der Waals surface area contributed by atoms with E-state index in [0.717, 1.165) is 60.1 Å². The maximum atomic E-state index is 13.3. The van der Waals surface area contributed by atoms with E-state index >= 15 is 0 Å². The normalized spacial score (nSPS) is 16.5. The second-order valence-corrected chi connectivity index (χ2v) is 11.5. The van der Waals surface area contributed by atoms with Gasteiger partial charge in [0.15, 0.2) is 0 Å². The maximum absolute atomic E-state index is 13.3. The average molecular weight is 626 g/mol. The number of fused-ring (bicyclic) bond motifs is 2. The molecule has 0 bridgehead atoms.